The van der Waals surface area contributed by atoms with Crippen molar-refractivity contribution in [2.75, 3.05) is 0 Å². The van der Waals surface area contributed by atoms with Gasteiger partial charge < -0.3 is 10.5 Å². The van der Waals surface area contributed by atoms with E-state index in [1.54, 1.807) is 24.3 Å². The first kappa shape index (κ1) is 13.1. The van der Waals surface area contributed by atoms with Crippen LogP contribution < -0.4 is 10.5 Å². The van der Waals surface area contributed by atoms with Crippen LogP contribution in [-0.2, 0) is 0 Å². The van der Waals surface area contributed by atoms with Crippen molar-refractivity contribution in [2.24, 2.45) is 5.73 Å². The number of nitrogens with two attached hydrogens (primary N) is 1. The summed E-state index contributed by atoms with van der Waals surface area (Å²) in [6.45, 7) is 2.00. The lowest BCUT2D eigenvalue weighted by Crippen LogP contribution is -2.12. The number of aryl methyl sites for hydroxylation is 1. The molecule has 0 aliphatic rings. The molecule has 4 heteroatoms. The number of carbonyl (C=O) groups is 1. The fraction of sp³-hybridized carbons (Fsp3) is 0.0588. The minimum atomic E-state index is -0.525. The molecule has 21 heavy (non-hydrogen) atoms. The molecule has 0 aliphatic carbocycles. The summed E-state index contributed by atoms with van der Waals surface area (Å²) < 4.78 is 5.75. The first-order valence-electron chi connectivity index (χ1n) is 6.58. The summed E-state index contributed by atoms with van der Waals surface area (Å²) >= 11 is 0. The van der Waals surface area contributed by atoms with Gasteiger partial charge in [-0.2, -0.15) is 0 Å². The molecule has 1 amide bonds. The summed E-state index contributed by atoms with van der Waals surface area (Å²) in [5, 5.41) is 1.08. The van der Waals surface area contributed by atoms with E-state index in [1.807, 2.05) is 37.3 Å². The molecule has 0 aliphatic heterocycles. The Morgan fingerprint density at radius 2 is 1.81 bits per heavy atom. The molecule has 0 bridgehead atoms. The van der Waals surface area contributed by atoms with Crippen molar-refractivity contribution in [3.05, 3.63) is 65.7 Å². The second kappa shape index (κ2) is 5.25. The summed E-state index contributed by atoms with van der Waals surface area (Å²) in [4.78, 5) is 15.9. The topological polar surface area (TPSA) is 65.2 Å². The van der Waals surface area contributed by atoms with Crippen LogP contribution in [0.15, 0.2) is 54.6 Å². The van der Waals surface area contributed by atoms with Gasteiger partial charge in [0.1, 0.15) is 5.75 Å². The second-order valence-corrected chi connectivity index (χ2v) is 4.76. The number of pyridine rings is 1. The molecular formula is C17H14N2O2. The Morgan fingerprint density at radius 1 is 1.10 bits per heavy atom. The van der Waals surface area contributed by atoms with Crippen LogP contribution in [0.2, 0.25) is 0 Å². The number of para-hydroxylation sites is 2. The van der Waals surface area contributed by atoms with Gasteiger partial charge in [0.25, 0.3) is 5.91 Å². The van der Waals surface area contributed by atoms with E-state index >= 15 is 0 Å². The van der Waals surface area contributed by atoms with Gasteiger partial charge in [0, 0.05) is 11.5 Å². The van der Waals surface area contributed by atoms with Gasteiger partial charge in [-0.25, -0.2) is 4.98 Å². The summed E-state index contributed by atoms with van der Waals surface area (Å²) in [6, 6.07) is 16.5. The van der Waals surface area contributed by atoms with Crippen molar-refractivity contribution >= 4 is 16.8 Å². The Labute approximate surface area is 122 Å². The largest absolute Gasteiger partial charge is 0.438 e. The molecule has 0 atom stereocenters. The number of primary amides is 1. The Balaban J connectivity index is 2.05. The molecule has 104 valence electrons. The zero-order valence-electron chi connectivity index (χ0n) is 11.5. The first-order chi connectivity index (χ1) is 10.1. The molecule has 0 fully saturated rings. The third-order valence-electron chi connectivity index (χ3n) is 3.27. The van der Waals surface area contributed by atoms with Crippen LogP contribution in [0.4, 0.5) is 0 Å². The number of aromatic nitrogens is 1. The number of benzene rings is 2. The van der Waals surface area contributed by atoms with Crippen molar-refractivity contribution < 1.29 is 9.53 Å². The molecule has 0 saturated heterocycles. The van der Waals surface area contributed by atoms with E-state index in [9.17, 15) is 4.79 Å². The van der Waals surface area contributed by atoms with E-state index in [1.165, 1.54) is 0 Å². The maximum absolute atomic E-state index is 11.4. The minimum absolute atomic E-state index is 0.338. The highest BCUT2D eigenvalue weighted by atomic mass is 16.5. The fourth-order valence-electron chi connectivity index (χ4n) is 2.24. The highest BCUT2D eigenvalue weighted by molar-refractivity contribution is 5.95. The quantitative estimate of drug-likeness (QED) is 0.798. The first-order valence-corrected chi connectivity index (χ1v) is 6.58. The maximum atomic E-state index is 11.4. The summed E-state index contributed by atoms with van der Waals surface area (Å²) in [6.07, 6.45) is 0. The molecule has 3 rings (SSSR count). The zero-order chi connectivity index (χ0) is 14.8. The van der Waals surface area contributed by atoms with Crippen LogP contribution in [0.3, 0.4) is 0 Å². The van der Waals surface area contributed by atoms with Gasteiger partial charge >= 0.3 is 0 Å². The average Bonchev–Trinajstić information content (AvgIpc) is 2.47. The minimum Gasteiger partial charge on any atom is -0.438 e. The number of hydrogen-bond donors (Lipinski definition) is 1. The van der Waals surface area contributed by atoms with Crippen LogP contribution in [0.5, 0.6) is 11.6 Å². The van der Waals surface area contributed by atoms with Gasteiger partial charge in [0.2, 0.25) is 5.88 Å². The van der Waals surface area contributed by atoms with Crippen molar-refractivity contribution in [1.29, 1.82) is 0 Å². The molecule has 0 saturated carbocycles. The van der Waals surface area contributed by atoms with E-state index in [0.717, 1.165) is 16.5 Å². The molecule has 2 aromatic carbocycles. The summed E-state index contributed by atoms with van der Waals surface area (Å²) in [5.74, 6) is 0.329. The zero-order valence-corrected chi connectivity index (χ0v) is 11.5. The lowest BCUT2D eigenvalue weighted by Gasteiger charge is -2.10. The second-order valence-electron chi connectivity index (χ2n) is 4.76. The number of carbonyl (C=O) groups excluding carboxylic acids is 1. The van der Waals surface area contributed by atoms with Gasteiger partial charge in [0.05, 0.1) is 11.1 Å². The number of fused-ring (bicyclic) bond motifs is 1. The van der Waals surface area contributed by atoms with Crippen LogP contribution >= 0.6 is 0 Å². The standard InChI is InChI=1S/C17H14N2O2/c1-11-10-16(19-14-8-4-2-6-12(11)14)21-15-9-5-3-7-13(15)17(18)20/h2-10H,1H3,(H2,18,20). The van der Waals surface area contributed by atoms with Gasteiger partial charge in [0.15, 0.2) is 0 Å². The molecule has 1 heterocycles. The van der Waals surface area contributed by atoms with E-state index in [2.05, 4.69) is 4.98 Å². The van der Waals surface area contributed by atoms with E-state index < -0.39 is 5.91 Å². The van der Waals surface area contributed by atoms with E-state index in [-0.39, 0.29) is 0 Å². The number of ether oxygens (including phenoxy) is 1. The Kier molecular flexibility index (Phi) is 3.28. The number of nitrogens with zero attached hydrogens (tertiary/aromatic N) is 1. The molecule has 1 aromatic heterocycles. The highest BCUT2D eigenvalue weighted by Gasteiger charge is 2.11. The van der Waals surface area contributed by atoms with Crippen LogP contribution in [0.1, 0.15) is 15.9 Å². The summed E-state index contributed by atoms with van der Waals surface area (Å²) in [7, 11) is 0. The molecule has 0 unspecified atom stereocenters. The lowest BCUT2D eigenvalue weighted by molar-refractivity contribution is 0.0998. The molecule has 2 N–H and O–H groups in total. The monoisotopic (exact) mass is 278 g/mol. The Hall–Kier alpha value is -2.88. The van der Waals surface area contributed by atoms with Crippen molar-refractivity contribution in [3.63, 3.8) is 0 Å². The number of hydrogen-bond acceptors (Lipinski definition) is 3. The van der Waals surface area contributed by atoms with Crippen molar-refractivity contribution in [2.45, 2.75) is 6.92 Å². The predicted molar refractivity (Wildman–Crippen MR) is 81.5 cm³/mol. The van der Waals surface area contributed by atoms with Gasteiger partial charge in [-0.1, -0.05) is 30.3 Å². The van der Waals surface area contributed by atoms with Crippen molar-refractivity contribution in [3.8, 4) is 11.6 Å². The summed E-state index contributed by atoms with van der Waals surface area (Å²) in [5.41, 5.74) is 7.60. The molecule has 0 spiro atoms. The molecule has 3 aromatic rings. The van der Waals surface area contributed by atoms with Gasteiger partial charge in [-0.3, -0.25) is 4.79 Å². The maximum Gasteiger partial charge on any atom is 0.252 e. The predicted octanol–water partition coefficient (Wildman–Crippen LogP) is 3.43. The number of rotatable bonds is 3. The SMILES string of the molecule is Cc1cc(Oc2ccccc2C(N)=O)nc2ccccc12. The van der Waals surface area contributed by atoms with Crippen LogP contribution in [-0.4, -0.2) is 10.9 Å². The third kappa shape index (κ3) is 2.56. The van der Waals surface area contributed by atoms with E-state index in [4.69, 9.17) is 10.5 Å². The van der Waals surface area contributed by atoms with Gasteiger partial charge in [-0.15, -0.1) is 0 Å². The normalized spacial score (nSPS) is 10.5. The van der Waals surface area contributed by atoms with Gasteiger partial charge in [-0.05, 0) is 30.7 Å². The smallest absolute Gasteiger partial charge is 0.252 e. The lowest BCUT2D eigenvalue weighted by atomic mass is 10.1. The van der Waals surface area contributed by atoms with Crippen LogP contribution in [0.25, 0.3) is 10.9 Å². The highest BCUT2D eigenvalue weighted by Crippen LogP contribution is 2.27. The average molecular weight is 278 g/mol. The number of amides is 1. The Bertz CT molecular complexity index is 828. The third-order valence-corrected chi connectivity index (χ3v) is 3.27. The Morgan fingerprint density at radius 3 is 2.62 bits per heavy atom. The molecule has 0 radical (unpaired) electrons. The molecule has 4 nitrogen and oxygen atoms in total. The molecular weight excluding hydrogens is 264 g/mol. The van der Waals surface area contributed by atoms with E-state index in [0.29, 0.717) is 17.2 Å². The van der Waals surface area contributed by atoms with Crippen LogP contribution in [0, 0.1) is 6.92 Å². The fourth-order valence-corrected chi connectivity index (χ4v) is 2.24. The van der Waals surface area contributed by atoms with Crippen molar-refractivity contribution in [1.82, 2.24) is 4.98 Å².